The first-order valence-corrected chi connectivity index (χ1v) is 4.68. The Morgan fingerprint density at radius 3 is 2.79 bits per heavy atom. The van der Waals surface area contributed by atoms with Gasteiger partial charge in [-0.3, -0.25) is 0 Å². The fourth-order valence-corrected chi connectivity index (χ4v) is 1.91. The molecule has 2 rings (SSSR count). The van der Waals surface area contributed by atoms with Gasteiger partial charge in [-0.05, 0) is 42.5 Å². The first-order valence-electron chi connectivity index (χ1n) is 4.68. The first kappa shape index (κ1) is 8.97. The molecule has 14 heavy (non-hydrogen) atoms. The van der Waals surface area contributed by atoms with Crippen molar-refractivity contribution in [2.24, 2.45) is 4.99 Å². The van der Waals surface area contributed by atoms with Gasteiger partial charge in [0.25, 0.3) is 0 Å². The molecule has 0 radical (unpaired) electrons. The van der Waals surface area contributed by atoms with Gasteiger partial charge in [0.05, 0.1) is 6.54 Å². The van der Waals surface area contributed by atoms with Crippen LogP contribution in [0.15, 0.2) is 17.1 Å². The number of hydrogen-bond donors (Lipinski definition) is 1. The SMILES string of the molecule is O=C=NCc1cc2c(cc1O)CCC2. The van der Waals surface area contributed by atoms with Crippen molar-refractivity contribution in [1.82, 2.24) is 0 Å². The van der Waals surface area contributed by atoms with Gasteiger partial charge in [-0.2, -0.15) is 0 Å². The molecule has 1 aliphatic rings. The Balaban J connectivity index is 2.36. The lowest BCUT2D eigenvalue weighted by atomic mass is 10.1. The quantitative estimate of drug-likeness (QED) is 0.568. The molecule has 0 saturated heterocycles. The minimum atomic E-state index is 0.225. The highest BCUT2D eigenvalue weighted by atomic mass is 16.3. The Morgan fingerprint density at radius 2 is 2.07 bits per heavy atom. The number of isocyanates is 1. The zero-order valence-electron chi connectivity index (χ0n) is 7.79. The summed E-state index contributed by atoms with van der Waals surface area (Å²) in [6.45, 7) is 0.225. The van der Waals surface area contributed by atoms with E-state index in [1.165, 1.54) is 17.2 Å². The average molecular weight is 189 g/mol. The van der Waals surface area contributed by atoms with Crippen LogP contribution in [-0.4, -0.2) is 11.2 Å². The van der Waals surface area contributed by atoms with E-state index in [0.29, 0.717) is 5.56 Å². The molecular weight excluding hydrogens is 178 g/mol. The molecule has 0 spiro atoms. The number of benzene rings is 1. The maximum absolute atomic E-state index is 9.95. The van der Waals surface area contributed by atoms with Crippen LogP contribution in [0.3, 0.4) is 0 Å². The Bertz CT molecular complexity index is 406. The molecule has 0 unspecified atom stereocenters. The van der Waals surface area contributed by atoms with E-state index in [-0.39, 0.29) is 12.3 Å². The molecular formula is C11H11NO2. The third-order valence-electron chi connectivity index (χ3n) is 2.61. The second-order valence-electron chi connectivity index (χ2n) is 3.51. The molecule has 0 atom stereocenters. The molecule has 0 aliphatic heterocycles. The zero-order valence-corrected chi connectivity index (χ0v) is 7.79. The molecule has 3 nitrogen and oxygen atoms in total. The van der Waals surface area contributed by atoms with Crippen LogP contribution in [0.5, 0.6) is 5.75 Å². The molecule has 72 valence electrons. The number of phenols is 1. The third-order valence-corrected chi connectivity index (χ3v) is 2.61. The van der Waals surface area contributed by atoms with Crippen molar-refractivity contribution in [2.75, 3.05) is 0 Å². The molecule has 1 aromatic carbocycles. The van der Waals surface area contributed by atoms with Gasteiger partial charge in [-0.15, -0.1) is 0 Å². The van der Waals surface area contributed by atoms with E-state index in [1.807, 2.05) is 6.07 Å². The Kier molecular flexibility index (Phi) is 2.33. The van der Waals surface area contributed by atoms with Crippen LogP contribution < -0.4 is 0 Å². The maximum atomic E-state index is 9.95. The van der Waals surface area contributed by atoms with E-state index < -0.39 is 0 Å². The monoisotopic (exact) mass is 189 g/mol. The minimum absolute atomic E-state index is 0.225. The van der Waals surface area contributed by atoms with E-state index in [1.54, 1.807) is 6.07 Å². The molecule has 3 heteroatoms. The summed E-state index contributed by atoms with van der Waals surface area (Å²) < 4.78 is 0. The third kappa shape index (κ3) is 1.54. The summed E-state index contributed by atoms with van der Waals surface area (Å²) in [5.41, 5.74) is 3.22. The van der Waals surface area contributed by atoms with Gasteiger partial charge < -0.3 is 5.11 Å². The van der Waals surface area contributed by atoms with Crippen LogP contribution in [0.1, 0.15) is 23.1 Å². The second-order valence-corrected chi connectivity index (χ2v) is 3.51. The Hall–Kier alpha value is -1.60. The molecule has 0 fully saturated rings. The number of aryl methyl sites for hydroxylation is 2. The van der Waals surface area contributed by atoms with Crippen LogP contribution in [-0.2, 0) is 24.2 Å². The van der Waals surface area contributed by atoms with Crippen molar-refractivity contribution in [3.8, 4) is 5.75 Å². The van der Waals surface area contributed by atoms with Crippen LogP contribution in [0.2, 0.25) is 0 Å². The van der Waals surface area contributed by atoms with Gasteiger partial charge >= 0.3 is 0 Å². The number of rotatable bonds is 2. The molecule has 1 aromatic rings. The van der Waals surface area contributed by atoms with Gasteiger partial charge in [0.2, 0.25) is 6.08 Å². The number of aromatic hydroxyl groups is 1. The largest absolute Gasteiger partial charge is 0.508 e. The molecule has 0 bridgehead atoms. The fourth-order valence-electron chi connectivity index (χ4n) is 1.91. The molecule has 1 aliphatic carbocycles. The first-order chi connectivity index (χ1) is 6.81. The maximum Gasteiger partial charge on any atom is 0.235 e. The van der Waals surface area contributed by atoms with Crippen molar-refractivity contribution in [1.29, 1.82) is 0 Å². The fraction of sp³-hybridized carbons (Fsp3) is 0.364. The number of nitrogens with zero attached hydrogens (tertiary/aromatic N) is 1. The summed E-state index contributed by atoms with van der Waals surface area (Å²) in [6.07, 6.45) is 4.73. The predicted octanol–water partition coefficient (Wildman–Crippen LogP) is 1.72. The highest BCUT2D eigenvalue weighted by Gasteiger charge is 2.13. The van der Waals surface area contributed by atoms with E-state index in [0.717, 1.165) is 19.3 Å². The summed E-state index contributed by atoms with van der Waals surface area (Å²) in [6, 6.07) is 3.73. The lowest BCUT2D eigenvalue weighted by Gasteiger charge is -2.04. The smallest absolute Gasteiger partial charge is 0.235 e. The summed E-state index contributed by atoms with van der Waals surface area (Å²) in [7, 11) is 0. The summed E-state index contributed by atoms with van der Waals surface area (Å²) >= 11 is 0. The van der Waals surface area contributed by atoms with E-state index in [4.69, 9.17) is 0 Å². The highest BCUT2D eigenvalue weighted by Crippen LogP contribution is 2.29. The van der Waals surface area contributed by atoms with Crippen LogP contribution in [0.25, 0.3) is 0 Å². The van der Waals surface area contributed by atoms with Crippen LogP contribution in [0.4, 0.5) is 0 Å². The molecule has 0 aromatic heterocycles. The zero-order chi connectivity index (χ0) is 9.97. The predicted molar refractivity (Wildman–Crippen MR) is 52.0 cm³/mol. The van der Waals surface area contributed by atoms with Gasteiger partial charge in [0.15, 0.2) is 0 Å². The summed E-state index contributed by atoms with van der Waals surface area (Å²) in [5, 5.41) is 9.61. The van der Waals surface area contributed by atoms with E-state index in [2.05, 4.69) is 4.99 Å². The standard InChI is InChI=1S/C11H11NO2/c13-7-12-6-10-4-8-2-1-3-9(8)5-11(10)14/h4-5,14H,1-3,6H2. The van der Waals surface area contributed by atoms with Gasteiger partial charge in [0.1, 0.15) is 5.75 Å². The lowest BCUT2D eigenvalue weighted by molar-refractivity contribution is 0.467. The Morgan fingerprint density at radius 1 is 1.36 bits per heavy atom. The van der Waals surface area contributed by atoms with Crippen molar-refractivity contribution < 1.29 is 9.90 Å². The molecule has 0 amide bonds. The van der Waals surface area contributed by atoms with Gasteiger partial charge in [0, 0.05) is 5.56 Å². The number of hydrogen-bond acceptors (Lipinski definition) is 3. The van der Waals surface area contributed by atoms with Crippen molar-refractivity contribution in [3.05, 3.63) is 28.8 Å². The molecule has 0 saturated carbocycles. The van der Waals surface area contributed by atoms with Crippen molar-refractivity contribution in [3.63, 3.8) is 0 Å². The van der Waals surface area contributed by atoms with E-state index in [9.17, 15) is 9.90 Å². The summed E-state index contributed by atoms with van der Waals surface area (Å²) in [4.78, 5) is 13.4. The average Bonchev–Trinajstić information content (AvgIpc) is 2.61. The number of carbonyl (C=O) groups excluding carboxylic acids is 1. The molecule has 0 heterocycles. The lowest BCUT2D eigenvalue weighted by Crippen LogP contribution is -1.88. The van der Waals surface area contributed by atoms with Crippen LogP contribution >= 0.6 is 0 Å². The summed E-state index contributed by atoms with van der Waals surface area (Å²) in [5.74, 6) is 0.240. The minimum Gasteiger partial charge on any atom is -0.508 e. The number of fused-ring (bicyclic) bond motifs is 1. The number of aliphatic imine (C=N–C) groups is 1. The second kappa shape index (κ2) is 3.64. The van der Waals surface area contributed by atoms with Gasteiger partial charge in [-0.1, -0.05) is 0 Å². The Labute approximate surface area is 82.1 Å². The number of phenolic OH excluding ortho intramolecular Hbond substituents is 1. The van der Waals surface area contributed by atoms with Crippen molar-refractivity contribution >= 4 is 6.08 Å². The van der Waals surface area contributed by atoms with Crippen LogP contribution in [0, 0.1) is 0 Å². The van der Waals surface area contributed by atoms with Crippen molar-refractivity contribution in [2.45, 2.75) is 25.8 Å². The highest BCUT2D eigenvalue weighted by molar-refractivity contribution is 5.45. The normalized spacial score (nSPS) is 13.4. The van der Waals surface area contributed by atoms with Gasteiger partial charge in [-0.25, -0.2) is 9.79 Å². The topological polar surface area (TPSA) is 49.7 Å². The molecule has 1 N–H and O–H groups in total. The van der Waals surface area contributed by atoms with E-state index >= 15 is 0 Å².